The number of rotatable bonds is 1. The predicted molar refractivity (Wildman–Crippen MR) is 73.7 cm³/mol. The third-order valence-electron chi connectivity index (χ3n) is 3.28. The summed E-state index contributed by atoms with van der Waals surface area (Å²) in [7, 11) is 0. The van der Waals surface area contributed by atoms with Crippen molar-refractivity contribution in [2.45, 2.75) is 12.5 Å². The van der Waals surface area contributed by atoms with Crippen LogP contribution in [0.4, 0.5) is 5.69 Å². The second-order valence-electron chi connectivity index (χ2n) is 4.28. The molecule has 17 heavy (non-hydrogen) atoms. The van der Waals surface area contributed by atoms with E-state index in [0.717, 1.165) is 16.6 Å². The van der Waals surface area contributed by atoms with Crippen molar-refractivity contribution < 1.29 is 0 Å². The van der Waals surface area contributed by atoms with Crippen molar-refractivity contribution in [1.82, 2.24) is 0 Å². The number of hydrogen-bond donors (Lipinski definition) is 1. The van der Waals surface area contributed by atoms with E-state index in [4.69, 9.17) is 5.84 Å². The van der Waals surface area contributed by atoms with E-state index in [0.29, 0.717) is 0 Å². The van der Waals surface area contributed by atoms with Crippen molar-refractivity contribution in [2.75, 3.05) is 5.01 Å². The van der Waals surface area contributed by atoms with E-state index < -0.39 is 0 Å². The Hall–Kier alpha value is -1.32. The molecule has 0 bridgehead atoms. The molecule has 0 saturated carbocycles. The van der Waals surface area contributed by atoms with Gasteiger partial charge in [0.2, 0.25) is 0 Å². The highest BCUT2D eigenvalue weighted by Crippen LogP contribution is 2.39. The largest absolute Gasteiger partial charge is 0.303 e. The first-order valence-electron chi connectivity index (χ1n) is 5.63. The standard InChI is InChI=1S/C14H13BrN2/c15-12-7-3-2-6-11(12)14-9-10-5-1-4-8-13(10)17(14)16/h1-8,14H,9,16H2. The summed E-state index contributed by atoms with van der Waals surface area (Å²) in [5.74, 6) is 6.20. The van der Waals surface area contributed by atoms with Gasteiger partial charge in [-0.2, -0.15) is 0 Å². The average Bonchev–Trinajstić information content (AvgIpc) is 2.68. The summed E-state index contributed by atoms with van der Waals surface area (Å²) in [4.78, 5) is 0. The molecular weight excluding hydrogens is 276 g/mol. The molecule has 3 heteroatoms. The number of para-hydroxylation sites is 1. The fourth-order valence-electron chi connectivity index (χ4n) is 2.42. The van der Waals surface area contributed by atoms with Crippen LogP contribution in [0.3, 0.4) is 0 Å². The summed E-state index contributed by atoms with van der Waals surface area (Å²) in [6, 6.07) is 16.8. The number of nitrogens with two attached hydrogens (primary N) is 1. The molecule has 0 saturated heterocycles. The van der Waals surface area contributed by atoms with Crippen molar-refractivity contribution in [3.8, 4) is 0 Å². The molecule has 1 aliphatic heterocycles. The predicted octanol–water partition coefficient (Wildman–Crippen LogP) is 3.43. The smallest absolute Gasteiger partial charge is 0.0754 e. The van der Waals surface area contributed by atoms with Gasteiger partial charge in [0.1, 0.15) is 0 Å². The zero-order valence-corrected chi connectivity index (χ0v) is 10.9. The zero-order valence-electron chi connectivity index (χ0n) is 9.31. The maximum atomic E-state index is 6.20. The molecule has 0 radical (unpaired) electrons. The molecule has 0 fully saturated rings. The molecule has 2 nitrogen and oxygen atoms in total. The SMILES string of the molecule is NN1c2ccccc2CC1c1ccccc1Br. The molecule has 0 spiro atoms. The lowest BCUT2D eigenvalue weighted by atomic mass is 10.0. The van der Waals surface area contributed by atoms with Crippen LogP contribution >= 0.6 is 15.9 Å². The summed E-state index contributed by atoms with van der Waals surface area (Å²) in [5, 5.41) is 1.87. The van der Waals surface area contributed by atoms with E-state index in [1.807, 2.05) is 17.1 Å². The van der Waals surface area contributed by atoms with E-state index >= 15 is 0 Å². The first-order chi connectivity index (χ1) is 8.27. The maximum Gasteiger partial charge on any atom is 0.0754 e. The van der Waals surface area contributed by atoms with E-state index in [1.165, 1.54) is 11.1 Å². The minimum absolute atomic E-state index is 0.225. The monoisotopic (exact) mass is 288 g/mol. The zero-order chi connectivity index (χ0) is 11.8. The van der Waals surface area contributed by atoms with Crippen molar-refractivity contribution >= 4 is 21.6 Å². The van der Waals surface area contributed by atoms with Gasteiger partial charge < -0.3 is 5.01 Å². The van der Waals surface area contributed by atoms with E-state index in [-0.39, 0.29) is 6.04 Å². The summed E-state index contributed by atoms with van der Waals surface area (Å²) in [6.07, 6.45) is 0.968. The fraction of sp³-hybridized carbons (Fsp3) is 0.143. The normalized spacial score (nSPS) is 18.2. The van der Waals surface area contributed by atoms with Crippen LogP contribution in [0.25, 0.3) is 0 Å². The van der Waals surface area contributed by atoms with E-state index in [2.05, 4.69) is 52.3 Å². The number of halogens is 1. The molecule has 1 aliphatic rings. The van der Waals surface area contributed by atoms with Crippen molar-refractivity contribution in [2.24, 2.45) is 5.84 Å². The molecule has 2 aromatic carbocycles. The van der Waals surface area contributed by atoms with Gasteiger partial charge in [0.05, 0.1) is 11.7 Å². The second-order valence-corrected chi connectivity index (χ2v) is 5.13. The van der Waals surface area contributed by atoms with Gasteiger partial charge in [0.15, 0.2) is 0 Å². The Labute approximate surface area is 109 Å². The van der Waals surface area contributed by atoms with Gasteiger partial charge in [-0.15, -0.1) is 0 Å². The van der Waals surface area contributed by atoms with Crippen molar-refractivity contribution in [1.29, 1.82) is 0 Å². The lowest BCUT2D eigenvalue weighted by Gasteiger charge is -2.23. The lowest BCUT2D eigenvalue weighted by molar-refractivity contribution is 0.678. The second kappa shape index (κ2) is 4.17. The van der Waals surface area contributed by atoms with Gasteiger partial charge >= 0.3 is 0 Å². The number of benzene rings is 2. The van der Waals surface area contributed by atoms with Crippen LogP contribution in [-0.2, 0) is 6.42 Å². The van der Waals surface area contributed by atoms with Gasteiger partial charge in [-0.25, -0.2) is 5.84 Å². The Morgan fingerprint density at radius 3 is 2.53 bits per heavy atom. The minimum Gasteiger partial charge on any atom is -0.303 e. The molecule has 2 aromatic rings. The molecule has 86 valence electrons. The van der Waals surface area contributed by atoms with Crippen molar-refractivity contribution in [3.05, 3.63) is 64.1 Å². The quantitative estimate of drug-likeness (QED) is 0.815. The topological polar surface area (TPSA) is 29.3 Å². The Morgan fingerprint density at radius 1 is 1.06 bits per heavy atom. The average molecular weight is 289 g/mol. The van der Waals surface area contributed by atoms with E-state index in [9.17, 15) is 0 Å². The van der Waals surface area contributed by atoms with Crippen LogP contribution in [0.5, 0.6) is 0 Å². The van der Waals surface area contributed by atoms with Crippen LogP contribution in [0.2, 0.25) is 0 Å². The third-order valence-corrected chi connectivity index (χ3v) is 4.01. The molecule has 2 N–H and O–H groups in total. The molecule has 1 atom stereocenters. The number of anilines is 1. The van der Waals surface area contributed by atoms with Gasteiger partial charge in [0, 0.05) is 10.9 Å². The summed E-state index contributed by atoms with van der Waals surface area (Å²) in [6.45, 7) is 0. The lowest BCUT2D eigenvalue weighted by Crippen LogP contribution is -2.32. The highest BCUT2D eigenvalue weighted by atomic mass is 79.9. The van der Waals surface area contributed by atoms with Gasteiger partial charge in [-0.3, -0.25) is 0 Å². The molecular formula is C14H13BrN2. The van der Waals surface area contributed by atoms with Gasteiger partial charge in [-0.05, 0) is 23.3 Å². The van der Waals surface area contributed by atoms with Gasteiger partial charge in [-0.1, -0.05) is 52.3 Å². The Bertz CT molecular complexity index is 553. The highest BCUT2D eigenvalue weighted by molar-refractivity contribution is 9.10. The Balaban J connectivity index is 2.02. The van der Waals surface area contributed by atoms with Crippen LogP contribution < -0.4 is 10.9 Å². The number of hydrazine groups is 1. The third kappa shape index (κ3) is 1.75. The summed E-state index contributed by atoms with van der Waals surface area (Å²) < 4.78 is 1.12. The molecule has 3 rings (SSSR count). The van der Waals surface area contributed by atoms with Crippen LogP contribution in [-0.4, -0.2) is 0 Å². The van der Waals surface area contributed by atoms with Crippen molar-refractivity contribution in [3.63, 3.8) is 0 Å². The maximum absolute atomic E-state index is 6.20. The van der Waals surface area contributed by atoms with Crippen LogP contribution in [0.1, 0.15) is 17.2 Å². The molecule has 0 aliphatic carbocycles. The Kier molecular flexibility index (Phi) is 2.65. The first-order valence-corrected chi connectivity index (χ1v) is 6.43. The number of fused-ring (bicyclic) bond motifs is 1. The molecule has 0 amide bonds. The minimum atomic E-state index is 0.225. The van der Waals surface area contributed by atoms with Crippen LogP contribution in [0.15, 0.2) is 53.0 Å². The van der Waals surface area contributed by atoms with Gasteiger partial charge in [0.25, 0.3) is 0 Å². The highest BCUT2D eigenvalue weighted by Gasteiger charge is 2.29. The van der Waals surface area contributed by atoms with E-state index in [1.54, 1.807) is 0 Å². The first kappa shape index (κ1) is 10.8. The Morgan fingerprint density at radius 2 is 1.76 bits per heavy atom. The summed E-state index contributed by atoms with van der Waals surface area (Å²) in [5.41, 5.74) is 3.69. The van der Waals surface area contributed by atoms with Crippen LogP contribution in [0, 0.1) is 0 Å². The summed E-state index contributed by atoms with van der Waals surface area (Å²) >= 11 is 3.60. The molecule has 1 unspecified atom stereocenters. The number of nitrogens with zero attached hydrogens (tertiary/aromatic N) is 1. The molecule has 1 heterocycles. The number of hydrogen-bond acceptors (Lipinski definition) is 2. The molecule has 0 aromatic heterocycles. The fourth-order valence-corrected chi connectivity index (χ4v) is 2.96.